The molecule has 0 saturated heterocycles. The van der Waals surface area contributed by atoms with Crippen LogP contribution in [0, 0.1) is 5.41 Å². The Morgan fingerprint density at radius 2 is 1.85 bits per heavy atom. The maximum absolute atomic E-state index is 11.5. The second-order valence-electron chi connectivity index (χ2n) is 5.11. The van der Waals surface area contributed by atoms with Gasteiger partial charge in [-0.25, -0.2) is 4.79 Å². The summed E-state index contributed by atoms with van der Waals surface area (Å²) in [5.74, 6) is -0.886. The van der Waals surface area contributed by atoms with E-state index >= 15 is 0 Å². The van der Waals surface area contributed by atoms with E-state index in [1.54, 1.807) is 20.8 Å². The van der Waals surface area contributed by atoms with Crippen LogP contribution >= 0.6 is 0 Å². The lowest BCUT2D eigenvalue weighted by molar-refractivity contribution is -0.159. The van der Waals surface area contributed by atoms with Gasteiger partial charge in [0.2, 0.25) is 6.79 Å². The van der Waals surface area contributed by atoms with Crippen LogP contribution in [0.3, 0.4) is 0 Å². The van der Waals surface area contributed by atoms with Crippen LogP contribution in [0.5, 0.6) is 11.5 Å². The highest BCUT2D eigenvalue weighted by Gasteiger charge is 2.23. The van der Waals surface area contributed by atoms with Gasteiger partial charge in [0.25, 0.3) is 0 Å². The number of aromatic carboxylic acids is 1. The first-order valence-electron chi connectivity index (χ1n) is 5.97. The molecular formula is C14H18O6. The Morgan fingerprint density at radius 3 is 2.35 bits per heavy atom. The zero-order chi connectivity index (χ0) is 15.3. The molecule has 6 heteroatoms. The lowest BCUT2D eigenvalue weighted by Crippen LogP contribution is -2.24. The van der Waals surface area contributed by atoms with Crippen molar-refractivity contribution in [3.63, 3.8) is 0 Å². The van der Waals surface area contributed by atoms with Crippen LogP contribution < -0.4 is 9.47 Å². The van der Waals surface area contributed by atoms with Gasteiger partial charge in [-0.1, -0.05) is 0 Å². The van der Waals surface area contributed by atoms with Crippen LogP contribution in [0.4, 0.5) is 0 Å². The van der Waals surface area contributed by atoms with Crippen molar-refractivity contribution in [2.75, 3.05) is 13.9 Å². The summed E-state index contributed by atoms with van der Waals surface area (Å²) in [7, 11) is 1.40. The highest BCUT2D eigenvalue weighted by Crippen LogP contribution is 2.28. The van der Waals surface area contributed by atoms with Gasteiger partial charge in [-0.3, -0.25) is 4.79 Å². The molecule has 0 unspecified atom stereocenters. The fourth-order valence-corrected chi connectivity index (χ4v) is 1.28. The minimum atomic E-state index is -1.06. The zero-order valence-electron chi connectivity index (χ0n) is 11.9. The molecule has 0 aliphatic rings. The quantitative estimate of drug-likeness (QED) is 0.659. The van der Waals surface area contributed by atoms with E-state index in [-0.39, 0.29) is 18.1 Å². The highest BCUT2D eigenvalue weighted by molar-refractivity contribution is 5.88. The van der Waals surface area contributed by atoms with Gasteiger partial charge in [-0.15, -0.1) is 0 Å². The minimum Gasteiger partial charge on any atom is -0.493 e. The molecule has 0 saturated carbocycles. The molecule has 6 nitrogen and oxygen atoms in total. The summed E-state index contributed by atoms with van der Waals surface area (Å²) in [6, 6.07) is 4.17. The third-order valence-corrected chi connectivity index (χ3v) is 2.43. The molecule has 0 aliphatic carbocycles. The number of carboxylic acid groups (broad SMARTS) is 1. The predicted molar refractivity (Wildman–Crippen MR) is 71.0 cm³/mol. The minimum absolute atomic E-state index is 0.0842. The van der Waals surface area contributed by atoms with Crippen molar-refractivity contribution < 1.29 is 28.9 Å². The second-order valence-corrected chi connectivity index (χ2v) is 5.11. The number of methoxy groups -OCH3 is 1. The molecule has 1 aromatic carbocycles. The average Bonchev–Trinajstić information content (AvgIpc) is 2.37. The number of rotatable bonds is 5. The predicted octanol–water partition coefficient (Wildman–Crippen LogP) is 2.32. The molecule has 20 heavy (non-hydrogen) atoms. The third kappa shape index (κ3) is 4.15. The molecule has 0 bridgehead atoms. The summed E-state index contributed by atoms with van der Waals surface area (Å²) in [4.78, 5) is 22.4. The summed E-state index contributed by atoms with van der Waals surface area (Å²) < 4.78 is 15.3. The fourth-order valence-electron chi connectivity index (χ4n) is 1.28. The third-order valence-electron chi connectivity index (χ3n) is 2.43. The molecule has 1 aromatic rings. The molecule has 0 heterocycles. The Morgan fingerprint density at radius 1 is 1.20 bits per heavy atom. The van der Waals surface area contributed by atoms with Gasteiger partial charge in [-0.05, 0) is 39.0 Å². The second kappa shape index (κ2) is 6.27. The number of carbonyl (C=O) groups is 2. The Labute approximate surface area is 117 Å². The lowest BCUT2D eigenvalue weighted by Gasteiger charge is -2.17. The van der Waals surface area contributed by atoms with E-state index in [4.69, 9.17) is 19.3 Å². The average molecular weight is 282 g/mol. The molecule has 0 aromatic heterocycles. The zero-order valence-corrected chi connectivity index (χ0v) is 11.9. The van der Waals surface area contributed by atoms with E-state index in [1.807, 2.05) is 0 Å². The summed E-state index contributed by atoms with van der Waals surface area (Å²) in [5.41, 5.74) is -0.526. The molecular weight excluding hydrogens is 264 g/mol. The van der Waals surface area contributed by atoms with Gasteiger partial charge in [0.05, 0.1) is 18.1 Å². The van der Waals surface area contributed by atoms with Crippen molar-refractivity contribution >= 4 is 11.9 Å². The largest absolute Gasteiger partial charge is 0.493 e. The molecule has 0 amide bonds. The monoisotopic (exact) mass is 282 g/mol. The van der Waals surface area contributed by atoms with Crippen LogP contribution in [0.1, 0.15) is 31.1 Å². The number of benzene rings is 1. The fraction of sp³-hybridized carbons (Fsp3) is 0.429. The number of carbonyl (C=O) groups excluding carboxylic acids is 1. The van der Waals surface area contributed by atoms with Gasteiger partial charge in [0.1, 0.15) is 0 Å². The maximum Gasteiger partial charge on any atom is 0.335 e. The summed E-state index contributed by atoms with van der Waals surface area (Å²) >= 11 is 0. The van der Waals surface area contributed by atoms with Crippen molar-refractivity contribution in [3.8, 4) is 11.5 Å². The standard InChI is InChI=1S/C14H18O6/c1-14(2,3)13(17)20-8-19-10-6-5-9(12(15)16)7-11(10)18-4/h5-7H,8H2,1-4H3,(H,15,16). The highest BCUT2D eigenvalue weighted by atomic mass is 16.7. The van der Waals surface area contributed by atoms with E-state index in [0.717, 1.165) is 0 Å². The van der Waals surface area contributed by atoms with Crippen LogP contribution in [0.2, 0.25) is 0 Å². The van der Waals surface area contributed by atoms with E-state index in [1.165, 1.54) is 25.3 Å². The van der Waals surface area contributed by atoms with Crippen LogP contribution in [0.15, 0.2) is 18.2 Å². The SMILES string of the molecule is COc1cc(C(=O)O)ccc1OCOC(=O)C(C)(C)C. The number of esters is 1. The van der Waals surface area contributed by atoms with Gasteiger partial charge in [0, 0.05) is 0 Å². The van der Waals surface area contributed by atoms with Gasteiger partial charge in [-0.2, -0.15) is 0 Å². The van der Waals surface area contributed by atoms with Crippen molar-refractivity contribution in [1.82, 2.24) is 0 Å². The first kappa shape index (κ1) is 15.8. The number of hydrogen-bond donors (Lipinski definition) is 1. The van der Waals surface area contributed by atoms with Gasteiger partial charge < -0.3 is 19.3 Å². The number of carboxylic acids is 1. The maximum atomic E-state index is 11.5. The smallest absolute Gasteiger partial charge is 0.335 e. The summed E-state index contributed by atoms with van der Waals surface area (Å²) in [6.07, 6.45) is 0. The number of hydrogen-bond acceptors (Lipinski definition) is 5. The van der Waals surface area contributed by atoms with Crippen LogP contribution in [0.25, 0.3) is 0 Å². The van der Waals surface area contributed by atoms with Crippen LogP contribution in [-0.4, -0.2) is 30.9 Å². The lowest BCUT2D eigenvalue weighted by atomic mass is 9.98. The molecule has 0 atom stereocenters. The van der Waals surface area contributed by atoms with E-state index in [9.17, 15) is 9.59 Å². The first-order valence-corrected chi connectivity index (χ1v) is 5.97. The molecule has 0 fully saturated rings. The van der Waals surface area contributed by atoms with E-state index < -0.39 is 17.4 Å². The van der Waals surface area contributed by atoms with Crippen molar-refractivity contribution in [1.29, 1.82) is 0 Å². The van der Waals surface area contributed by atoms with Crippen molar-refractivity contribution in [2.45, 2.75) is 20.8 Å². The molecule has 110 valence electrons. The Bertz CT molecular complexity index is 501. The Kier molecular flexibility index (Phi) is 4.96. The molecule has 0 aliphatic heterocycles. The first-order chi connectivity index (χ1) is 9.25. The molecule has 0 radical (unpaired) electrons. The summed E-state index contributed by atoms with van der Waals surface area (Å²) in [6.45, 7) is 4.94. The van der Waals surface area contributed by atoms with E-state index in [2.05, 4.69) is 0 Å². The van der Waals surface area contributed by atoms with Crippen molar-refractivity contribution in [3.05, 3.63) is 23.8 Å². The molecule has 1 N–H and O–H groups in total. The Balaban J connectivity index is 2.69. The Hall–Kier alpha value is -2.24. The number of ether oxygens (including phenoxy) is 3. The molecule has 0 spiro atoms. The van der Waals surface area contributed by atoms with Gasteiger partial charge in [0.15, 0.2) is 11.5 Å². The normalized spacial score (nSPS) is 10.8. The van der Waals surface area contributed by atoms with E-state index in [0.29, 0.717) is 5.75 Å². The van der Waals surface area contributed by atoms with Crippen molar-refractivity contribution in [2.24, 2.45) is 5.41 Å². The molecule has 1 rings (SSSR count). The van der Waals surface area contributed by atoms with Gasteiger partial charge >= 0.3 is 11.9 Å². The topological polar surface area (TPSA) is 82.1 Å². The summed E-state index contributed by atoms with van der Waals surface area (Å²) in [5, 5.41) is 8.87. The van der Waals surface area contributed by atoms with Crippen LogP contribution in [-0.2, 0) is 9.53 Å².